The number of rotatable bonds is 4. The summed E-state index contributed by atoms with van der Waals surface area (Å²) < 4.78 is 15.0. The third-order valence-electron chi connectivity index (χ3n) is 2.17. The molecular weight excluding hydrogens is 252 g/mol. The maximum absolute atomic E-state index is 11.5. The van der Waals surface area contributed by atoms with Crippen molar-refractivity contribution in [3.8, 4) is 17.2 Å². The van der Waals surface area contributed by atoms with Crippen LogP contribution in [0, 0.1) is 0 Å². The predicted octanol–water partition coefficient (Wildman–Crippen LogP) is 1.75. The van der Waals surface area contributed by atoms with E-state index in [0.717, 1.165) is 0 Å². The van der Waals surface area contributed by atoms with E-state index < -0.39 is 11.9 Å². The van der Waals surface area contributed by atoms with Crippen LogP contribution in [0.25, 0.3) is 0 Å². The van der Waals surface area contributed by atoms with E-state index in [0.29, 0.717) is 0 Å². The van der Waals surface area contributed by atoms with Gasteiger partial charge in [-0.25, -0.2) is 0 Å². The zero-order valence-electron chi connectivity index (χ0n) is 11.1. The number of methoxy groups -OCH3 is 1. The molecule has 0 aromatic heterocycles. The Labute approximate surface area is 110 Å². The summed E-state index contributed by atoms with van der Waals surface area (Å²) in [6.07, 6.45) is 0. The van der Waals surface area contributed by atoms with Crippen LogP contribution < -0.4 is 14.2 Å². The van der Waals surface area contributed by atoms with Gasteiger partial charge in [0.25, 0.3) is 0 Å². The Morgan fingerprint density at radius 2 is 1.42 bits per heavy atom. The third-order valence-corrected chi connectivity index (χ3v) is 2.17. The molecule has 0 heterocycles. The Kier molecular flexibility index (Phi) is 4.63. The quantitative estimate of drug-likeness (QED) is 0.469. The number of esters is 2. The highest BCUT2D eigenvalue weighted by Crippen LogP contribution is 2.40. The lowest BCUT2D eigenvalue weighted by atomic mass is 10.1. The van der Waals surface area contributed by atoms with E-state index in [2.05, 4.69) is 0 Å². The van der Waals surface area contributed by atoms with Crippen LogP contribution in [-0.2, 0) is 9.59 Å². The molecule has 0 spiro atoms. The number of benzene rings is 1. The van der Waals surface area contributed by atoms with Gasteiger partial charge in [0.2, 0.25) is 5.75 Å². The summed E-state index contributed by atoms with van der Waals surface area (Å²) in [5.41, 5.74) is 0.132. The first-order valence-corrected chi connectivity index (χ1v) is 5.45. The highest BCUT2D eigenvalue weighted by atomic mass is 16.6. The second kappa shape index (κ2) is 5.99. The highest BCUT2D eigenvalue weighted by Gasteiger charge is 2.22. The van der Waals surface area contributed by atoms with Gasteiger partial charge in [0.05, 0.1) is 12.7 Å². The summed E-state index contributed by atoms with van der Waals surface area (Å²) in [5, 5.41) is 0. The van der Waals surface area contributed by atoms with Crippen LogP contribution in [0.15, 0.2) is 12.1 Å². The average Bonchev–Trinajstić information content (AvgIpc) is 2.29. The monoisotopic (exact) mass is 266 g/mol. The molecule has 0 amide bonds. The first-order valence-electron chi connectivity index (χ1n) is 5.45. The lowest BCUT2D eigenvalue weighted by Gasteiger charge is -2.14. The Morgan fingerprint density at radius 1 is 0.895 bits per heavy atom. The minimum Gasteiger partial charge on any atom is -0.493 e. The van der Waals surface area contributed by atoms with E-state index in [-0.39, 0.29) is 28.6 Å². The molecular formula is C13H14O6. The molecule has 0 N–H and O–H groups in total. The van der Waals surface area contributed by atoms with Crippen molar-refractivity contribution >= 4 is 17.7 Å². The molecule has 1 aromatic rings. The molecule has 0 radical (unpaired) electrons. The second-order valence-electron chi connectivity index (χ2n) is 3.72. The number of carbonyl (C=O) groups is 3. The molecule has 102 valence electrons. The van der Waals surface area contributed by atoms with E-state index in [1.54, 1.807) is 0 Å². The molecule has 0 saturated heterocycles. The molecule has 1 rings (SSSR count). The van der Waals surface area contributed by atoms with E-state index >= 15 is 0 Å². The molecule has 0 aliphatic heterocycles. The van der Waals surface area contributed by atoms with Gasteiger partial charge in [-0.2, -0.15) is 0 Å². The number of carbonyl (C=O) groups excluding carboxylic acids is 3. The normalized spacial score (nSPS) is 9.68. The van der Waals surface area contributed by atoms with Gasteiger partial charge in [0.1, 0.15) is 0 Å². The van der Waals surface area contributed by atoms with Crippen molar-refractivity contribution in [3.63, 3.8) is 0 Å². The minimum absolute atomic E-state index is 0.0853. The molecule has 0 bridgehead atoms. The first kappa shape index (κ1) is 14.7. The average molecular weight is 266 g/mol. The van der Waals surface area contributed by atoms with E-state index in [4.69, 9.17) is 14.2 Å². The molecule has 0 atom stereocenters. The maximum atomic E-state index is 11.5. The summed E-state index contributed by atoms with van der Waals surface area (Å²) in [4.78, 5) is 33.7. The summed E-state index contributed by atoms with van der Waals surface area (Å²) in [7, 11) is 1.37. The number of ketones is 1. The van der Waals surface area contributed by atoms with Gasteiger partial charge in [0.15, 0.2) is 17.3 Å². The molecule has 0 saturated carbocycles. The molecule has 0 aliphatic rings. The van der Waals surface area contributed by atoms with Crippen LogP contribution in [-0.4, -0.2) is 24.8 Å². The summed E-state index contributed by atoms with van der Waals surface area (Å²) >= 11 is 0. The van der Waals surface area contributed by atoms with E-state index in [1.807, 2.05) is 0 Å². The fourth-order valence-electron chi connectivity index (χ4n) is 1.47. The van der Waals surface area contributed by atoms with Crippen LogP contribution in [0.1, 0.15) is 31.1 Å². The van der Waals surface area contributed by atoms with Gasteiger partial charge in [-0.15, -0.1) is 0 Å². The van der Waals surface area contributed by atoms with E-state index in [1.165, 1.54) is 40.0 Å². The van der Waals surface area contributed by atoms with Gasteiger partial charge in [0, 0.05) is 13.8 Å². The van der Waals surface area contributed by atoms with Crippen molar-refractivity contribution in [2.45, 2.75) is 20.8 Å². The highest BCUT2D eigenvalue weighted by molar-refractivity contribution is 5.99. The van der Waals surface area contributed by atoms with Crippen LogP contribution in [0.5, 0.6) is 17.2 Å². The molecule has 0 aliphatic carbocycles. The zero-order valence-corrected chi connectivity index (χ0v) is 11.1. The van der Waals surface area contributed by atoms with Crippen molar-refractivity contribution in [3.05, 3.63) is 17.7 Å². The van der Waals surface area contributed by atoms with Gasteiger partial charge < -0.3 is 14.2 Å². The standard InChI is InChI=1S/C13H14O6/c1-7(14)10-5-6-11(17-4)13(19-9(3)16)12(10)18-8(2)15/h5-6H,1-4H3. The molecule has 6 nitrogen and oxygen atoms in total. The molecule has 19 heavy (non-hydrogen) atoms. The SMILES string of the molecule is COc1ccc(C(C)=O)c(OC(C)=O)c1OC(C)=O. The fraction of sp³-hybridized carbons (Fsp3) is 0.308. The number of hydrogen-bond donors (Lipinski definition) is 0. The second-order valence-corrected chi connectivity index (χ2v) is 3.72. The Morgan fingerprint density at radius 3 is 1.84 bits per heavy atom. The Balaban J connectivity index is 3.49. The van der Waals surface area contributed by atoms with Crippen LogP contribution in [0.4, 0.5) is 0 Å². The molecule has 1 aromatic carbocycles. The largest absolute Gasteiger partial charge is 0.493 e. The van der Waals surface area contributed by atoms with Gasteiger partial charge in [-0.1, -0.05) is 0 Å². The van der Waals surface area contributed by atoms with Crippen molar-refractivity contribution in [2.75, 3.05) is 7.11 Å². The lowest BCUT2D eigenvalue weighted by molar-refractivity contribution is -0.134. The lowest BCUT2D eigenvalue weighted by Crippen LogP contribution is -2.11. The topological polar surface area (TPSA) is 78.9 Å². The summed E-state index contributed by atoms with van der Waals surface area (Å²) in [5.74, 6) is -1.59. The molecule has 6 heteroatoms. The van der Waals surface area contributed by atoms with Crippen molar-refractivity contribution in [1.82, 2.24) is 0 Å². The number of Topliss-reactive ketones (excluding diaryl/α,β-unsaturated/α-hetero) is 1. The Hall–Kier alpha value is -2.37. The van der Waals surface area contributed by atoms with Crippen molar-refractivity contribution < 1.29 is 28.6 Å². The smallest absolute Gasteiger partial charge is 0.308 e. The van der Waals surface area contributed by atoms with Crippen molar-refractivity contribution in [1.29, 1.82) is 0 Å². The minimum atomic E-state index is -0.635. The van der Waals surface area contributed by atoms with Crippen LogP contribution in [0.2, 0.25) is 0 Å². The summed E-state index contributed by atoms with van der Waals surface area (Å²) in [6, 6.07) is 2.90. The summed E-state index contributed by atoms with van der Waals surface area (Å²) in [6.45, 7) is 3.69. The van der Waals surface area contributed by atoms with Gasteiger partial charge >= 0.3 is 11.9 Å². The zero-order chi connectivity index (χ0) is 14.6. The molecule has 0 fully saturated rings. The molecule has 0 unspecified atom stereocenters. The third kappa shape index (κ3) is 3.54. The maximum Gasteiger partial charge on any atom is 0.308 e. The van der Waals surface area contributed by atoms with Gasteiger partial charge in [-0.3, -0.25) is 14.4 Å². The predicted molar refractivity (Wildman–Crippen MR) is 65.6 cm³/mol. The first-order chi connectivity index (χ1) is 8.86. The number of ether oxygens (including phenoxy) is 3. The van der Waals surface area contributed by atoms with E-state index in [9.17, 15) is 14.4 Å². The fourth-order valence-corrected chi connectivity index (χ4v) is 1.47. The van der Waals surface area contributed by atoms with Crippen LogP contribution >= 0.6 is 0 Å². The van der Waals surface area contributed by atoms with Gasteiger partial charge in [-0.05, 0) is 19.1 Å². The van der Waals surface area contributed by atoms with Crippen molar-refractivity contribution in [2.24, 2.45) is 0 Å². The van der Waals surface area contributed by atoms with Crippen LogP contribution in [0.3, 0.4) is 0 Å². The number of hydrogen-bond acceptors (Lipinski definition) is 6. The Bertz CT molecular complexity index is 532.